The van der Waals surface area contributed by atoms with E-state index in [9.17, 15) is 0 Å². The standard InChI is InChI=1S/C32H47N3O4/c1-24(34-13-4-5-14-34)19-27-21-29(26-8-10-28(37-3)11-9-26)32(22-33-27)39-23-25-7-12-31-30(20-25)35(16-18-38-31)15-6-17-36-2/h7-12,20,24,27,29,32-33H,4-6,13-19,21-23H2,1-3H3/t24-,27+,29-,32+/m1/s1. The number of piperidine rings is 1. The van der Waals surface area contributed by atoms with Crippen molar-refractivity contribution in [1.82, 2.24) is 10.2 Å². The fourth-order valence-corrected chi connectivity index (χ4v) is 6.51. The molecule has 3 heterocycles. The van der Waals surface area contributed by atoms with E-state index in [1.807, 2.05) is 0 Å². The summed E-state index contributed by atoms with van der Waals surface area (Å²) in [6.07, 6.45) is 6.07. The molecule has 1 N–H and O–H groups in total. The SMILES string of the molecule is COCCCN1CCOc2ccc(CO[C@H]3CN[C@@H](C[C@@H](C)N4CCCC4)C[C@@H]3c3ccc(OC)cc3)cc21. The molecule has 0 bridgehead atoms. The highest BCUT2D eigenvalue weighted by atomic mass is 16.5. The normalized spacial score (nSPS) is 24.3. The average molecular weight is 538 g/mol. The Bertz CT molecular complexity index is 1030. The highest BCUT2D eigenvalue weighted by Gasteiger charge is 2.34. The smallest absolute Gasteiger partial charge is 0.142 e. The second kappa shape index (κ2) is 13.8. The van der Waals surface area contributed by atoms with E-state index in [1.54, 1.807) is 14.2 Å². The first-order valence-electron chi connectivity index (χ1n) is 14.9. The Labute approximate surface area is 234 Å². The lowest BCUT2D eigenvalue weighted by molar-refractivity contribution is 0.000486. The molecule has 2 aromatic carbocycles. The highest BCUT2D eigenvalue weighted by Crippen LogP contribution is 2.35. The van der Waals surface area contributed by atoms with E-state index in [2.05, 4.69) is 64.5 Å². The molecule has 0 amide bonds. The summed E-state index contributed by atoms with van der Waals surface area (Å²) in [7, 11) is 3.49. The van der Waals surface area contributed by atoms with Crippen LogP contribution in [0.15, 0.2) is 42.5 Å². The topological polar surface area (TPSA) is 55.4 Å². The number of rotatable bonds is 12. The van der Waals surface area contributed by atoms with Crippen LogP contribution < -0.4 is 19.7 Å². The van der Waals surface area contributed by atoms with Gasteiger partial charge in [-0.15, -0.1) is 0 Å². The number of nitrogens with one attached hydrogen (secondary N) is 1. The molecule has 0 saturated carbocycles. The molecule has 2 aromatic rings. The van der Waals surface area contributed by atoms with E-state index in [0.717, 1.165) is 57.2 Å². The van der Waals surface area contributed by atoms with Crippen molar-refractivity contribution in [2.24, 2.45) is 0 Å². The third-order valence-electron chi connectivity index (χ3n) is 8.75. The van der Waals surface area contributed by atoms with Gasteiger partial charge < -0.3 is 34.1 Å². The van der Waals surface area contributed by atoms with Gasteiger partial charge in [0.25, 0.3) is 0 Å². The first-order valence-corrected chi connectivity index (χ1v) is 14.9. The Morgan fingerprint density at radius 3 is 2.64 bits per heavy atom. The number of likely N-dealkylation sites (tertiary alicyclic amines) is 1. The predicted octanol–water partition coefficient (Wildman–Crippen LogP) is 4.84. The van der Waals surface area contributed by atoms with Crippen LogP contribution >= 0.6 is 0 Å². The summed E-state index contributed by atoms with van der Waals surface area (Å²) in [6, 6.07) is 16.2. The van der Waals surface area contributed by atoms with Gasteiger partial charge in [-0.1, -0.05) is 18.2 Å². The van der Waals surface area contributed by atoms with Crippen LogP contribution in [0.2, 0.25) is 0 Å². The van der Waals surface area contributed by atoms with E-state index in [-0.39, 0.29) is 6.10 Å². The Kier molecular flexibility index (Phi) is 10.0. The van der Waals surface area contributed by atoms with Gasteiger partial charge in [-0.2, -0.15) is 0 Å². The quantitative estimate of drug-likeness (QED) is 0.389. The van der Waals surface area contributed by atoms with Gasteiger partial charge >= 0.3 is 0 Å². The van der Waals surface area contributed by atoms with Crippen molar-refractivity contribution in [3.05, 3.63) is 53.6 Å². The minimum Gasteiger partial charge on any atom is -0.497 e. The minimum atomic E-state index is 0.113. The summed E-state index contributed by atoms with van der Waals surface area (Å²) in [5.41, 5.74) is 3.70. The van der Waals surface area contributed by atoms with Crippen LogP contribution in [0.1, 0.15) is 56.1 Å². The van der Waals surface area contributed by atoms with Crippen molar-refractivity contribution in [1.29, 1.82) is 0 Å². The minimum absolute atomic E-state index is 0.113. The summed E-state index contributed by atoms with van der Waals surface area (Å²) >= 11 is 0. The monoisotopic (exact) mass is 537 g/mol. The molecule has 4 atom stereocenters. The molecule has 5 rings (SSSR count). The third-order valence-corrected chi connectivity index (χ3v) is 8.75. The number of hydrogen-bond acceptors (Lipinski definition) is 7. The molecule has 7 heteroatoms. The zero-order chi connectivity index (χ0) is 27.0. The number of hydrogen-bond donors (Lipinski definition) is 1. The summed E-state index contributed by atoms with van der Waals surface area (Å²) in [5, 5.41) is 3.85. The summed E-state index contributed by atoms with van der Waals surface area (Å²) in [4.78, 5) is 5.07. The van der Waals surface area contributed by atoms with Crippen LogP contribution in [0.25, 0.3) is 0 Å². The van der Waals surface area contributed by atoms with Gasteiger partial charge in [0.05, 0.1) is 32.1 Å². The summed E-state index contributed by atoms with van der Waals surface area (Å²) in [6.45, 7) is 9.73. The lowest BCUT2D eigenvalue weighted by Gasteiger charge is -2.39. The zero-order valence-corrected chi connectivity index (χ0v) is 24.1. The molecule has 7 nitrogen and oxygen atoms in total. The Morgan fingerprint density at radius 1 is 1.05 bits per heavy atom. The number of fused-ring (bicyclic) bond motifs is 1. The molecule has 0 aromatic heterocycles. The van der Waals surface area contributed by atoms with Crippen LogP contribution in [0.5, 0.6) is 11.5 Å². The van der Waals surface area contributed by atoms with Crippen LogP contribution in [-0.2, 0) is 16.1 Å². The summed E-state index contributed by atoms with van der Waals surface area (Å²) in [5.74, 6) is 2.21. The van der Waals surface area contributed by atoms with E-state index in [4.69, 9.17) is 18.9 Å². The molecule has 3 aliphatic rings. The molecule has 0 radical (unpaired) electrons. The fourth-order valence-electron chi connectivity index (χ4n) is 6.51. The average Bonchev–Trinajstić information content (AvgIpc) is 3.52. The van der Waals surface area contributed by atoms with Gasteiger partial charge in [0.1, 0.15) is 18.1 Å². The van der Waals surface area contributed by atoms with Gasteiger partial charge in [0.2, 0.25) is 0 Å². The third kappa shape index (κ3) is 7.26. The van der Waals surface area contributed by atoms with Crippen molar-refractivity contribution in [2.75, 3.05) is 65.1 Å². The fraction of sp³-hybridized carbons (Fsp3) is 0.625. The largest absolute Gasteiger partial charge is 0.497 e. The first-order chi connectivity index (χ1) is 19.1. The van der Waals surface area contributed by atoms with Crippen LogP contribution in [0.3, 0.4) is 0 Å². The second-order valence-electron chi connectivity index (χ2n) is 11.4. The van der Waals surface area contributed by atoms with E-state index in [0.29, 0.717) is 24.6 Å². The van der Waals surface area contributed by atoms with E-state index < -0.39 is 0 Å². The molecule has 2 saturated heterocycles. The van der Waals surface area contributed by atoms with Crippen molar-refractivity contribution in [3.63, 3.8) is 0 Å². The maximum atomic E-state index is 6.69. The van der Waals surface area contributed by atoms with Crippen molar-refractivity contribution in [3.8, 4) is 11.5 Å². The zero-order valence-electron chi connectivity index (χ0n) is 24.1. The molecule has 39 heavy (non-hydrogen) atoms. The van der Waals surface area contributed by atoms with Crippen molar-refractivity contribution < 1.29 is 18.9 Å². The second-order valence-corrected chi connectivity index (χ2v) is 11.4. The molecule has 0 aliphatic carbocycles. The maximum Gasteiger partial charge on any atom is 0.142 e. The number of anilines is 1. The first kappa shape index (κ1) is 28.2. The Hall–Kier alpha value is -2.32. The van der Waals surface area contributed by atoms with Gasteiger partial charge in [0, 0.05) is 44.8 Å². The van der Waals surface area contributed by atoms with Gasteiger partial charge in [-0.05, 0) is 87.5 Å². The molecular weight excluding hydrogens is 490 g/mol. The molecule has 214 valence electrons. The highest BCUT2D eigenvalue weighted by molar-refractivity contribution is 5.61. The number of ether oxygens (including phenoxy) is 4. The van der Waals surface area contributed by atoms with Gasteiger partial charge in [-0.3, -0.25) is 0 Å². The molecule has 0 unspecified atom stereocenters. The predicted molar refractivity (Wildman–Crippen MR) is 156 cm³/mol. The molecule has 2 fully saturated rings. The van der Waals surface area contributed by atoms with E-state index >= 15 is 0 Å². The Balaban J connectivity index is 1.26. The lowest BCUT2D eigenvalue weighted by atomic mass is 9.82. The maximum absolute atomic E-state index is 6.69. The van der Waals surface area contributed by atoms with Gasteiger partial charge in [-0.25, -0.2) is 0 Å². The van der Waals surface area contributed by atoms with Crippen molar-refractivity contribution in [2.45, 2.75) is 69.7 Å². The molecule has 0 spiro atoms. The number of methoxy groups -OCH3 is 2. The lowest BCUT2D eigenvalue weighted by Crippen LogP contribution is -2.49. The van der Waals surface area contributed by atoms with Crippen LogP contribution in [-0.4, -0.2) is 83.2 Å². The number of benzene rings is 2. The van der Waals surface area contributed by atoms with Crippen molar-refractivity contribution >= 4 is 5.69 Å². The van der Waals surface area contributed by atoms with Crippen LogP contribution in [0.4, 0.5) is 5.69 Å². The summed E-state index contributed by atoms with van der Waals surface area (Å²) < 4.78 is 23.3. The Morgan fingerprint density at radius 2 is 1.87 bits per heavy atom. The number of nitrogens with zero attached hydrogens (tertiary/aromatic N) is 2. The molecule has 3 aliphatic heterocycles. The molecular formula is C32H47N3O4. The van der Waals surface area contributed by atoms with E-state index in [1.165, 1.54) is 49.2 Å². The van der Waals surface area contributed by atoms with Gasteiger partial charge in [0.15, 0.2) is 0 Å². The van der Waals surface area contributed by atoms with Crippen LogP contribution in [0, 0.1) is 0 Å².